The molecule has 0 bridgehead atoms. The molecule has 0 saturated carbocycles. The number of halogens is 1. The third-order valence-corrected chi connectivity index (χ3v) is 6.29. The Morgan fingerprint density at radius 2 is 1.89 bits per heavy atom. The van der Waals surface area contributed by atoms with E-state index in [1.165, 1.54) is 17.7 Å². The predicted molar refractivity (Wildman–Crippen MR) is 110 cm³/mol. The third kappa shape index (κ3) is 5.81. The molecular weight excluding hydrogens is 359 g/mol. The van der Waals surface area contributed by atoms with Gasteiger partial charge in [-0.25, -0.2) is 4.39 Å². The summed E-state index contributed by atoms with van der Waals surface area (Å²) in [7, 11) is 0. The van der Waals surface area contributed by atoms with E-state index in [-0.39, 0.29) is 28.3 Å². The van der Waals surface area contributed by atoms with Crippen LogP contribution < -0.4 is 5.32 Å². The van der Waals surface area contributed by atoms with Crippen LogP contribution in [-0.2, 0) is 11.3 Å². The molecule has 1 N–H and O–H groups in total. The Hall–Kier alpha value is -1.85. The van der Waals surface area contributed by atoms with E-state index < -0.39 is 0 Å². The summed E-state index contributed by atoms with van der Waals surface area (Å²) in [6.07, 6.45) is 0.990. The minimum atomic E-state index is -0.233. The first-order chi connectivity index (χ1) is 13.0. The van der Waals surface area contributed by atoms with Crippen LogP contribution in [0.15, 0.2) is 54.6 Å². The molecule has 2 aromatic carbocycles. The SMILES string of the molecule is CC(SC(C)c1ccc(F)cc1)C(=O)NC1CCN(Cc2ccccc2)C1. The van der Waals surface area contributed by atoms with Crippen LogP contribution >= 0.6 is 11.8 Å². The maximum Gasteiger partial charge on any atom is 0.233 e. The van der Waals surface area contributed by atoms with Crippen molar-refractivity contribution in [3.05, 3.63) is 71.5 Å². The number of amides is 1. The predicted octanol–water partition coefficient (Wildman–Crippen LogP) is 4.40. The van der Waals surface area contributed by atoms with Gasteiger partial charge >= 0.3 is 0 Å². The van der Waals surface area contributed by atoms with Crippen molar-refractivity contribution in [1.82, 2.24) is 10.2 Å². The van der Waals surface area contributed by atoms with Crippen molar-refractivity contribution < 1.29 is 9.18 Å². The van der Waals surface area contributed by atoms with Crippen molar-refractivity contribution in [3.63, 3.8) is 0 Å². The number of carbonyl (C=O) groups is 1. The molecule has 1 saturated heterocycles. The highest BCUT2D eigenvalue weighted by Gasteiger charge is 2.26. The molecule has 3 rings (SSSR count). The maximum atomic E-state index is 13.1. The van der Waals surface area contributed by atoms with Crippen LogP contribution in [0.3, 0.4) is 0 Å². The van der Waals surface area contributed by atoms with Crippen molar-refractivity contribution >= 4 is 17.7 Å². The number of rotatable bonds is 7. The minimum absolute atomic E-state index is 0.0838. The number of hydrogen-bond donors (Lipinski definition) is 1. The van der Waals surface area contributed by atoms with Gasteiger partial charge < -0.3 is 5.32 Å². The fourth-order valence-corrected chi connectivity index (χ4v) is 4.55. The van der Waals surface area contributed by atoms with E-state index in [0.29, 0.717) is 0 Å². The average Bonchev–Trinajstić information content (AvgIpc) is 3.09. The molecule has 0 spiro atoms. The largest absolute Gasteiger partial charge is 0.351 e. The smallest absolute Gasteiger partial charge is 0.233 e. The molecule has 144 valence electrons. The van der Waals surface area contributed by atoms with E-state index in [0.717, 1.165) is 31.6 Å². The molecule has 3 nitrogen and oxygen atoms in total. The Balaban J connectivity index is 1.45. The maximum absolute atomic E-state index is 13.1. The monoisotopic (exact) mass is 386 g/mol. The zero-order valence-electron chi connectivity index (χ0n) is 15.9. The van der Waals surface area contributed by atoms with Crippen LogP contribution in [0.25, 0.3) is 0 Å². The number of carbonyl (C=O) groups excluding carboxylic acids is 1. The second-order valence-corrected chi connectivity index (χ2v) is 8.87. The van der Waals surface area contributed by atoms with Gasteiger partial charge in [0.15, 0.2) is 0 Å². The summed E-state index contributed by atoms with van der Waals surface area (Å²) in [4.78, 5) is 15.0. The molecule has 2 aromatic rings. The van der Waals surface area contributed by atoms with Crippen molar-refractivity contribution in [2.45, 2.75) is 43.4 Å². The molecule has 0 aliphatic carbocycles. The molecule has 0 aromatic heterocycles. The molecular formula is C22H27FN2OS. The Morgan fingerprint density at radius 1 is 1.19 bits per heavy atom. The van der Waals surface area contributed by atoms with E-state index in [1.807, 2.05) is 13.0 Å². The number of nitrogens with zero attached hydrogens (tertiary/aromatic N) is 1. The molecule has 3 unspecified atom stereocenters. The van der Waals surface area contributed by atoms with E-state index >= 15 is 0 Å². The van der Waals surface area contributed by atoms with Crippen LogP contribution in [0.5, 0.6) is 0 Å². The molecule has 1 aliphatic rings. The van der Waals surface area contributed by atoms with Crippen LogP contribution in [0.1, 0.15) is 36.6 Å². The lowest BCUT2D eigenvalue weighted by atomic mass is 10.2. The highest BCUT2D eigenvalue weighted by atomic mass is 32.2. The van der Waals surface area contributed by atoms with Gasteiger partial charge in [0.2, 0.25) is 5.91 Å². The van der Waals surface area contributed by atoms with Crippen molar-refractivity contribution in [1.29, 1.82) is 0 Å². The molecule has 1 heterocycles. The number of thioether (sulfide) groups is 1. The second kappa shape index (κ2) is 9.38. The molecule has 1 amide bonds. The van der Waals surface area contributed by atoms with Crippen LogP contribution in [0.2, 0.25) is 0 Å². The van der Waals surface area contributed by atoms with Gasteiger partial charge in [-0.3, -0.25) is 9.69 Å². The van der Waals surface area contributed by atoms with Gasteiger partial charge in [-0.2, -0.15) is 0 Å². The summed E-state index contributed by atoms with van der Waals surface area (Å²) in [5, 5.41) is 3.20. The third-order valence-electron chi connectivity index (χ3n) is 4.98. The van der Waals surface area contributed by atoms with Gasteiger partial charge in [0.1, 0.15) is 5.82 Å². The number of nitrogens with one attached hydrogen (secondary N) is 1. The summed E-state index contributed by atoms with van der Waals surface area (Å²) in [6, 6.07) is 17.2. The summed E-state index contributed by atoms with van der Waals surface area (Å²) in [6.45, 7) is 6.83. The fourth-order valence-electron chi connectivity index (χ4n) is 3.43. The summed E-state index contributed by atoms with van der Waals surface area (Å²) in [5.41, 5.74) is 2.34. The average molecular weight is 387 g/mol. The van der Waals surface area contributed by atoms with Crippen molar-refractivity contribution in [2.75, 3.05) is 13.1 Å². The molecule has 5 heteroatoms. The van der Waals surface area contributed by atoms with Crippen LogP contribution in [-0.4, -0.2) is 35.2 Å². The van der Waals surface area contributed by atoms with Crippen LogP contribution in [0.4, 0.5) is 4.39 Å². The quantitative estimate of drug-likeness (QED) is 0.766. The lowest BCUT2D eigenvalue weighted by Gasteiger charge is -2.20. The fraction of sp³-hybridized carbons (Fsp3) is 0.409. The summed E-state index contributed by atoms with van der Waals surface area (Å²) >= 11 is 1.61. The molecule has 0 radical (unpaired) electrons. The zero-order chi connectivity index (χ0) is 19.2. The van der Waals surface area contributed by atoms with Crippen LogP contribution in [0, 0.1) is 5.82 Å². The van der Waals surface area contributed by atoms with E-state index in [9.17, 15) is 9.18 Å². The molecule has 27 heavy (non-hydrogen) atoms. The highest BCUT2D eigenvalue weighted by Crippen LogP contribution is 2.32. The normalized spacial score (nSPS) is 19.6. The van der Waals surface area contributed by atoms with Gasteiger partial charge in [-0.1, -0.05) is 42.5 Å². The first kappa shape index (κ1) is 19.9. The standard InChI is InChI=1S/C22H27FN2OS/c1-16(19-8-10-20(23)11-9-19)27-17(2)22(26)24-21-12-13-25(15-21)14-18-6-4-3-5-7-18/h3-11,16-17,21H,12-15H2,1-2H3,(H,24,26). The Labute approximate surface area is 165 Å². The van der Waals surface area contributed by atoms with Crippen molar-refractivity contribution in [3.8, 4) is 0 Å². The Kier molecular flexibility index (Phi) is 6.91. The zero-order valence-corrected chi connectivity index (χ0v) is 16.7. The van der Waals surface area contributed by atoms with Gasteiger partial charge in [-0.05, 0) is 43.5 Å². The number of likely N-dealkylation sites (tertiary alicyclic amines) is 1. The Bertz CT molecular complexity index is 738. The highest BCUT2D eigenvalue weighted by molar-refractivity contribution is 8.00. The minimum Gasteiger partial charge on any atom is -0.351 e. The second-order valence-electron chi connectivity index (χ2n) is 7.19. The lowest BCUT2D eigenvalue weighted by Crippen LogP contribution is -2.41. The molecule has 1 aliphatic heterocycles. The van der Waals surface area contributed by atoms with Gasteiger partial charge in [-0.15, -0.1) is 11.8 Å². The summed E-state index contributed by atoms with van der Waals surface area (Å²) in [5.74, 6) is -0.149. The molecule has 3 atom stereocenters. The van der Waals surface area contributed by atoms with E-state index in [2.05, 4.69) is 41.4 Å². The molecule has 1 fully saturated rings. The Morgan fingerprint density at radius 3 is 2.59 bits per heavy atom. The number of hydrogen-bond acceptors (Lipinski definition) is 3. The van der Waals surface area contributed by atoms with Gasteiger partial charge in [0.25, 0.3) is 0 Å². The first-order valence-electron chi connectivity index (χ1n) is 9.49. The lowest BCUT2D eigenvalue weighted by molar-refractivity contribution is -0.120. The topological polar surface area (TPSA) is 32.3 Å². The van der Waals surface area contributed by atoms with E-state index in [4.69, 9.17) is 0 Å². The van der Waals surface area contributed by atoms with Gasteiger partial charge in [0, 0.05) is 30.9 Å². The first-order valence-corrected chi connectivity index (χ1v) is 10.4. The number of benzene rings is 2. The van der Waals surface area contributed by atoms with Gasteiger partial charge in [0.05, 0.1) is 5.25 Å². The van der Waals surface area contributed by atoms with E-state index in [1.54, 1.807) is 23.9 Å². The summed E-state index contributed by atoms with van der Waals surface area (Å²) < 4.78 is 13.1. The van der Waals surface area contributed by atoms with Crippen molar-refractivity contribution in [2.24, 2.45) is 0 Å².